The van der Waals surface area contributed by atoms with Gasteiger partial charge in [0.25, 0.3) is 0 Å². The minimum atomic E-state index is 0.0847. The number of thiazole rings is 1. The van der Waals surface area contributed by atoms with Crippen LogP contribution in [0.1, 0.15) is 36.6 Å². The number of likely N-dealkylation sites (tertiary alicyclic amines) is 2. The molecule has 2 aliphatic rings. The Hall–Kier alpha value is -1.43. The molecule has 0 unspecified atom stereocenters. The lowest BCUT2D eigenvalue weighted by Gasteiger charge is -2.33. The summed E-state index contributed by atoms with van der Waals surface area (Å²) in [6.07, 6.45) is 5.41. The second-order valence-electron chi connectivity index (χ2n) is 5.47. The van der Waals surface area contributed by atoms with Gasteiger partial charge in [-0.25, -0.2) is 4.98 Å². The summed E-state index contributed by atoms with van der Waals surface area (Å²) in [5.74, 6) is 0.565. The summed E-state index contributed by atoms with van der Waals surface area (Å²) < 4.78 is 0. The maximum Gasteiger partial charge on any atom is 0.242 e. The second kappa shape index (κ2) is 5.91. The van der Waals surface area contributed by atoms with Crippen LogP contribution in [0, 0.1) is 0 Å². The molecule has 0 saturated carbocycles. The smallest absolute Gasteiger partial charge is 0.242 e. The summed E-state index contributed by atoms with van der Waals surface area (Å²) in [6, 6.07) is 0. The van der Waals surface area contributed by atoms with Crippen LogP contribution in [0.2, 0.25) is 0 Å². The monoisotopic (exact) mass is 293 g/mol. The SMILES string of the molecule is O=C1CCCN1CC(=O)N1CCC[C@@H](c2nccs2)C1. The lowest BCUT2D eigenvalue weighted by atomic mass is 9.98. The van der Waals surface area contributed by atoms with E-state index >= 15 is 0 Å². The lowest BCUT2D eigenvalue weighted by Crippen LogP contribution is -2.44. The second-order valence-corrected chi connectivity index (χ2v) is 6.39. The van der Waals surface area contributed by atoms with Gasteiger partial charge in [-0.05, 0) is 19.3 Å². The van der Waals surface area contributed by atoms with E-state index in [1.807, 2.05) is 16.5 Å². The first kappa shape index (κ1) is 13.5. The van der Waals surface area contributed by atoms with Crippen LogP contribution in [0.25, 0.3) is 0 Å². The van der Waals surface area contributed by atoms with Gasteiger partial charge < -0.3 is 9.80 Å². The van der Waals surface area contributed by atoms with Gasteiger partial charge in [-0.1, -0.05) is 0 Å². The lowest BCUT2D eigenvalue weighted by molar-refractivity contribution is -0.139. The standard InChI is InChI=1S/C14H19N3O2S/c18-12-4-2-7-17(12)10-13(19)16-6-1-3-11(9-16)14-15-5-8-20-14/h5,8,11H,1-4,6-7,9-10H2/t11-/m1/s1. The van der Waals surface area contributed by atoms with Crippen molar-refractivity contribution < 1.29 is 9.59 Å². The number of piperidine rings is 1. The summed E-state index contributed by atoms with van der Waals surface area (Å²) in [5.41, 5.74) is 0. The van der Waals surface area contributed by atoms with Crippen molar-refractivity contribution in [3.63, 3.8) is 0 Å². The largest absolute Gasteiger partial charge is 0.340 e. The third kappa shape index (κ3) is 2.85. The zero-order chi connectivity index (χ0) is 13.9. The van der Waals surface area contributed by atoms with Crippen LogP contribution >= 0.6 is 11.3 Å². The van der Waals surface area contributed by atoms with E-state index in [1.54, 1.807) is 16.2 Å². The van der Waals surface area contributed by atoms with E-state index in [9.17, 15) is 9.59 Å². The van der Waals surface area contributed by atoms with Gasteiger partial charge in [0.05, 0.1) is 11.6 Å². The molecule has 2 aliphatic heterocycles. The molecule has 3 rings (SSSR count). The highest BCUT2D eigenvalue weighted by atomic mass is 32.1. The molecule has 2 amide bonds. The van der Waals surface area contributed by atoms with Gasteiger partial charge in [0, 0.05) is 43.5 Å². The van der Waals surface area contributed by atoms with E-state index in [1.165, 1.54) is 0 Å². The molecule has 0 aliphatic carbocycles. The van der Waals surface area contributed by atoms with Gasteiger partial charge in [-0.15, -0.1) is 11.3 Å². The predicted octanol–water partition coefficient (Wildman–Crippen LogP) is 1.47. The van der Waals surface area contributed by atoms with E-state index in [4.69, 9.17) is 0 Å². The summed E-state index contributed by atoms with van der Waals surface area (Å²) in [4.78, 5) is 31.9. The number of hydrogen-bond donors (Lipinski definition) is 0. The number of carbonyl (C=O) groups is 2. The average Bonchev–Trinajstić information content (AvgIpc) is 3.12. The molecule has 1 aromatic rings. The Balaban J connectivity index is 1.59. The zero-order valence-electron chi connectivity index (χ0n) is 11.5. The van der Waals surface area contributed by atoms with Crippen molar-refractivity contribution in [2.75, 3.05) is 26.2 Å². The quantitative estimate of drug-likeness (QED) is 0.848. The molecule has 2 fully saturated rings. The highest BCUT2D eigenvalue weighted by molar-refractivity contribution is 7.09. The van der Waals surface area contributed by atoms with E-state index in [-0.39, 0.29) is 18.4 Å². The van der Waals surface area contributed by atoms with Gasteiger partial charge in [-0.3, -0.25) is 9.59 Å². The van der Waals surface area contributed by atoms with Crippen molar-refractivity contribution in [1.29, 1.82) is 0 Å². The predicted molar refractivity (Wildman–Crippen MR) is 76.5 cm³/mol. The molecule has 108 valence electrons. The number of amides is 2. The molecule has 5 nitrogen and oxygen atoms in total. The Morgan fingerprint density at radius 2 is 2.30 bits per heavy atom. The van der Waals surface area contributed by atoms with Gasteiger partial charge in [0.15, 0.2) is 0 Å². The minimum absolute atomic E-state index is 0.0847. The normalized spacial score (nSPS) is 23.4. The molecule has 0 aromatic carbocycles. The minimum Gasteiger partial charge on any atom is -0.340 e. The fourth-order valence-electron chi connectivity index (χ4n) is 2.98. The molecule has 6 heteroatoms. The highest BCUT2D eigenvalue weighted by Crippen LogP contribution is 2.28. The fourth-order valence-corrected chi connectivity index (χ4v) is 3.74. The molecular weight excluding hydrogens is 274 g/mol. The van der Waals surface area contributed by atoms with Crippen LogP contribution in [0.5, 0.6) is 0 Å². The molecule has 1 aromatic heterocycles. The third-order valence-electron chi connectivity index (χ3n) is 4.07. The third-order valence-corrected chi connectivity index (χ3v) is 5.01. The summed E-state index contributed by atoms with van der Waals surface area (Å²) in [5, 5.41) is 3.11. The number of nitrogens with zero attached hydrogens (tertiary/aromatic N) is 3. The van der Waals surface area contributed by atoms with E-state index in [2.05, 4.69) is 4.98 Å². The van der Waals surface area contributed by atoms with E-state index < -0.39 is 0 Å². The van der Waals surface area contributed by atoms with Crippen LogP contribution in [0.4, 0.5) is 0 Å². The number of carbonyl (C=O) groups excluding carboxylic acids is 2. The molecule has 2 saturated heterocycles. The zero-order valence-corrected chi connectivity index (χ0v) is 12.3. The Bertz CT molecular complexity index is 489. The van der Waals surface area contributed by atoms with Crippen molar-refractivity contribution in [3.05, 3.63) is 16.6 Å². The molecule has 0 spiro atoms. The maximum absolute atomic E-state index is 12.3. The van der Waals surface area contributed by atoms with Crippen LogP contribution in [0.3, 0.4) is 0 Å². The Morgan fingerprint density at radius 3 is 3.00 bits per heavy atom. The van der Waals surface area contributed by atoms with Crippen molar-refractivity contribution in [2.45, 2.75) is 31.6 Å². The van der Waals surface area contributed by atoms with Crippen molar-refractivity contribution in [1.82, 2.24) is 14.8 Å². The van der Waals surface area contributed by atoms with Crippen molar-refractivity contribution in [2.24, 2.45) is 0 Å². The van der Waals surface area contributed by atoms with Gasteiger partial charge in [0.1, 0.15) is 0 Å². The number of hydrogen-bond acceptors (Lipinski definition) is 4. The highest BCUT2D eigenvalue weighted by Gasteiger charge is 2.29. The molecule has 0 radical (unpaired) electrons. The van der Waals surface area contributed by atoms with Crippen molar-refractivity contribution >= 4 is 23.2 Å². The summed E-state index contributed by atoms with van der Waals surface area (Å²) >= 11 is 1.66. The summed E-state index contributed by atoms with van der Waals surface area (Å²) in [7, 11) is 0. The Labute approximate surface area is 122 Å². The van der Waals surface area contributed by atoms with Crippen LogP contribution in [-0.4, -0.2) is 52.8 Å². The summed E-state index contributed by atoms with van der Waals surface area (Å²) in [6.45, 7) is 2.54. The Kier molecular flexibility index (Phi) is 4.00. The molecule has 0 bridgehead atoms. The van der Waals surface area contributed by atoms with Crippen LogP contribution in [-0.2, 0) is 9.59 Å². The van der Waals surface area contributed by atoms with Crippen molar-refractivity contribution in [3.8, 4) is 0 Å². The Morgan fingerprint density at radius 1 is 1.40 bits per heavy atom. The molecule has 0 N–H and O–H groups in total. The van der Waals surface area contributed by atoms with Crippen LogP contribution in [0.15, 0.2) is 11.6 Å². The first-order valence-electron chi connectivity index (χ1n) is 7.19. The number of aromatic nitrogens is 1. The maximum atomic E-state index is 12.3. The molecule has 3 heterocycles. The van der Waals surface area contributed by atoms with Crippen LogP contribution < -0.4 is 0 Å². The van der Waals surface area contributed by atoms with E-state index in [0.29, 0.717) is 12.3 Å². The average molecular weight is 293 g/mol. The molecular formula is C14H19N3O2S. The topological polar surface area (TPSA) is 53.5 Å². The first-order chi connectivity index (χ1) is 9.74. The van der Waals surface area contributed by atoms with Gasteiger partial charge in [-0.2, -0.15) is 0 Å². The molecule has 1 atom stereocenters. The molecule has 20 heavy (non-hydrogen) atoms. The van der Waals surface area contributed by atoms with Gasteiger partial charge in [0.2, 0.25) is 11.8 Å². The number of rotatable bonds is 3. The fraction of sp³-hybridized carbons (Fsp3) is 0.643. The van der Waals surface area contributed by atoms with E-state index in [0.717, 1.165) is 43.9 Å². The van der Waals surface area contributed by atoms with Gasteiger partial charge >= 0.3 is 0 Å². The first-order valence-corrected chi connectivity index (χ1v) is 8.07.